The monoisotopic (exact) mass is 392 g/mol. The molecule has 0 unspecified atom stereocenters. The van der Waals surface area contributed by atoms with E-state index in [1.165, 1.54) is 0 Å². The van der Waals surface area contributed by atoms with E-state index in [0.717, 1.165) is 57.9 Å². The lowest BCUT2D eigenvalue weighted by Crippen LogP contribution is -2.56. The van der Waals surface area contributed by atoms with Gasteiger partial charge in [0.05, 0.1) is 6.54 Å². The minimum atomic E-state index is 0. The Bertz CT molecular complexity index is 540. The largest absolute Gasteiger partial charge is 0.338 e. The second kappa shape index (κ2) is 10.3. The quantitative estimate of drug-likeness (QED) is 0.786. The van der Waals surface area contributed by atoms with Crippen LogP contribution in [0.25, 0.3) is 0 Å². The Kier molecular flexibility index (Phi) is 9.13. The summed E-state index contributed by atoms with van der Waals surface area (Å²) in [4.78, 5) is 21.2. The van der Waals surface area contributed by atoms with Gasteiger partial charge in [0.25, 0.3) is 0 Å². The molecule has 2 aliphatic heterocycles. The average molecular weight is 393 g/mol. The van der Waals surface area contributed by atoms with Gasteiger partial charge in [-0.1, -0.05) is 0 Å². The molecule has 2 saturated heterocycles. The van der Waals surface area contributed by atoms with Crippen LogP contribution in [-0.2, 0) is 17.9 Å². The summed E-state index contributed by atoms with van der Waals surface area (Å²) in [5.41, 5.74) is 0. The van der Waals surface area contributed by atoms with Crippen LogP contribution >= 0.6 is 24.8 Å². The zero-order chi connectivity index (χ0) is 16.2. The van der Waals surface area contributed by atoms with E-state index >= 15 is 0 Å². The third-order valence-electron chi connectivity index (χ3n) is 5.19. The normalized spacial score (nSPS) is 23.6. The predicted molar refractivity (Wildman–Crippen MR) is 102 cm³/mol. The first-order valence-electron chi connectivity index (χ1n) is 8.76. The molecule has 7 nitrogen and oxygen atoms in total. The highest BCUT2D eigenvalue weighted by atomic mass is 35.5. The summed E-state index contributed by atoms with van der Waals surface area (Å²) in [5.74, 6) is 1.97. The molecular weight excluding hydrogens is 363 g/mol. The van der Waals surface area contributed by atoms with Gasteiger partial charge in [-0.15, -0.1) is 24.8 Å². The first-order chi connectivity index (χ1) is 11.2. The number of rotatable bonds is 6. The van der Waals surface area contributed by atoms with Gasteiger partial charge in [-0.05, 0) is 32.7 Å². The number of amides is 1. The van der Waals surface area contributed by atoms with Crippen molar-refractivity contribution < 1.29 is 4.79 Å². The molecule has 0 saturated carbocycles. The third kappa shape index (κ3) is 5.06. The first-order valence-corrected chi connectivity index (χ1v) is 8.76. The van der Waals surface area contributed by atoms with Crippen LogP contribution in [-0.4, -0.2) is 69.7 Å². The zero-order valence-electron chi connectivity index (χ0n) is 15.1. The topological polar surface area (TPSA) is 66.3 Å². The Morgan fingerprint density at radius 2 is 2.12 bits per heavy atom. The lowest BCUT2D eigenvalue weighted by Gasteiger charge is -2.47. The highest BCUT2D eigenvalue weighted by molar-refractivity contribution is 5.85. The van der Waals surface area contributed by atoms with Crippen LogP contribution in [0.3, 0.4) is 0 Å². The van der Waals surface area contributed by atoms with Gasteiger partial charge < -0.3 is 10.2 Å². The maximum absolute atomic E-state index is 12.2. The number of nitrogens with one attached hydrogen (secondary N) is 1. The molecule has 144 valence electrons. The fourth-order valence-corrected chi connectivity index (χ4v) is 3.97. The molecule has 0 radical (unpaired) electrons. The first kappa shape index (κ1) is 22.2. The molecule has 3 heterocycles. The number of fused-ring (bicyclic) bond motifs is 1. The highest BCUT2D eigenvalue weighted by Gasteiger charge is 2.39. The van der Waals surface area contributed by atoms with Gasteiger partial charge in [0.1, 0.15) is 12.2 Å². The molecule has 0 bridgehead atoms. The molecule has 2 aliphatic rings. The van der Waals surface area contributed by atoms with Crippen LogP contribution in [0.5, 0.6) is 0 Å². The number of aromatic nitrogens is 3. The number of likely N-dealkylation sites (tertiary alicyclic amines) is 2. The van der Waals surface area contributed by atoms with Crippen molar-refractivity contribution in [3.05, 3.63) is 12.2 Å². The molecule has 0 aromatic carbocycles. The van der Waals surface area contributed by atoms with Crippen molar-refractivity contribution in [1.29, 1.82) is 0 Å². The SMILES string of the molecule is CCn1ncnc1CN1CC[C@@H]2[C@@H](CCC(=O)N2CCNC)C1.Cl.Cl. The molecule has 3 rings (SSSR count). The molecule has 2 atom stereocenters. The van der Waals surface area contributed by atoms with Crippen molar-refractivity contribution in [2.75, 3.05) is 33.2 Å². The summed E-state index contributed by atoms with van der Waals surface area (Å²) in [6.45, 7) is 7.62. The maximum atomic E-state index is 12.2. The summed E-state index contributed by atoms with van der Waals surface area (Å²) in [5, 5.41) is 7.42. The van der Waals surface area contributed by atoms with Crippen molar-refractivity contribution in [3.63, 3.8) is 0 Å². The van der Waals surface area contributed by atoms with Gasteiger partial charge in [0.2, 0.25) is 5.91 Å². The minimum Gasteiger partial charge on any atom is -0.338 e. The summed E-state index contributed by atoms with van der Waals surface area (Å²) in [6.07, 6.45) is 4.44. The molecular formula is C16H30Cl2N6O. The van der Waals surface area contributed by atoms with Crippen LogP contribution in [0.4, 0.5) is 0 Å². The zero-order valence-corrected chi connectivity index (χ0v) is 16.7. The molecule has 0 aliphatic carbocycles. The molecule has 0 spiro atoms. The molecule has 1 N–H and O–H groups in total. The lowest BCUT2D eigenvalue weighted by molar-refractivity contribution is -0.141. The lowest BCUT2D eigenvalue weighted by atomic mass is 9.83. The van der Waals surface area contributed by atoms with Crippen molar-refractivity contribution in [2.24, 2.45) is 5.92 Å². The van der Waals surface area contributed by atoms with Gasteiger partial charge in [-0.25, -0.2) is 9.67 Å². The summed E-state index contributed by atoms with van der Waals surface area (Å²) >= 11 is 0. The number of hydrogen-bond donors (Lipinski definition) is 1. The van der Waals surface area contributed by atoms with Crippen LogP contribution in [0.1, 0.15) is 32.0 Å². The van der Waals surface area contributed by atoms with Gasteiger partial charge >= 0.3 is 0 Å². The van der Waals surface area contributed by atoms with E-state index in [9.17, 15) is 4.79 Å². The maximum Gasteiger partial charge on any atom is 0.222 e. The number of carbonyl (C=O) groups is 1. The summed E-state index contributed by atoms with van der Waals surface area (Å²) in [7, 11) is 1.94. The van der Waals surface area contributed by atoms with Crippen LogP contribution in [0, 0.1) is 5.92 Å². The van der Waals surface area contributed by atoms with E-state index in [2.05, 4.69) is 32.1 Å². The fourth-order valence-electron chi connectivity index (χ4n) is 3.97. The van der Waals surface area contributed by atoms with E-state index in [-0.39, 0.29) is 24.8 Å². The molecule has 2 fully saturated rings. The van der Waals surface area contributed by atoms with E-state index in [0.29, 0.717) is 24.3 Å². The van der Waals surface area contributed by atoms with Crippen molar-refractivity contribution in [3.8, 4) is 0 Å². The second-order valence-electron chi connectivity index (χ2n) is 6.57. The Morgan fingerprint density at radius 3 is 2.84 bits per heavy atom. The highest BCUT2D eigenvalue weighted by Crippen LogP contribution is 2.31. The number of carbonyl (C=O) groups excluding carboxylic acids is 1. The number of halogens is 2. The van der Waals surface area contributed by atoms with Crippen LogP contribution < -0.4 is 5.32 Å². The van der Waals surface area contributed by atoms with Crippen molar-refractivity contribution >= 4 is 30.7 Å². The molecule has 9 heteroatoms. The van der Waals surface area contributed by atoms with Gasteiger partial charge in [0.15, 0.2) is 0 Å². The molecule has 25 heavy (non-hydrogen) atoms. The Hall–Kier alpha value is -0.890. The predicted octanol–water partition coefficient (Wildman–Crippen LogP) is 1.17. The number of nitrogens with zero attached hydrogens (tertiary/aromatic N) is 5. The number of piperidine rings is 2. The van der Waals surface area contributed by atoms with Gasteiger partial charge in [-0.3, -0.25) is 9.69 Å². The van der Waals surface area contributed by atoms with Crippen LogP contribution in [0.15, 0.2) is 6.33 Å². The van der Waals surface area contributed by atoms with Crippen molar-refractivity contribution in [1.82, 2.24) is 29.9 Å². The van der Waals surface area contributed by atoms with E-state index in [4.69, 9.17) is 0 Å². The second-order valence-corrected chi connectivity index (χ2v) is 6.57. The smallest absolute Gasteiger partial charge is 0.222 e. The minimum absolute atomic E-state index is 0. The van der Waals surface area contributed by atoms with E-state index in [1.807, 2.05) is 11.7 Å². The van der Waals surface area contributed by atoms with E-state index < -0.39 is 0 Å². The van der Waals surface area contributed by atoms with Crippen LogP contribution in [0.2, 0.25) is 0 Å². The average Bonchev–Trinajstić information content (AvgIpc) is 3.01. The Morgan fingerprint density at radius 1 is 1.32 bits per heavy atom. The summed E-state index contributed by atoms with van der Waals surface area (Å²) in [6, 6.07) is 0.421. The van der Waals surface area contributed by atoms with Gasteiger partial charge in [0, 0.05) is 45.2 Å². The number of aryl methyl sites for hydroxylation is 1. The standard InChI is InChI=1S/C16H28N6O.2ClH/c1-3-22-15(18-12-19-22)11-20-8-6-14-13(10-20)4-5-16(23)21(14)9-7-17-2;;/h12-14,17H,3-11H2,1-2H3;2*1H/t13-,14+;;/m0../s1. The number of likely N-dealkylation sites (N-methyl/N-ethyl adjacent to an activating group) is 1. The third-order valence-corrected chi connectivity index (χ3v) is 5.19. The van der Waals surface area contributed by atoms with Crippen molar-refractivity contribution in [2.45, 2.75) is 45.3 Å². The Labute approximate surface area is 162 Å². The summed E-state index contributed by atoms with van der Waals surface area (Å²) < 4.78 is 1.97. The van der Waals surface area contributed by atoms with Gasteiger partial charge in [-0.2, -0.15) is 5.10 Å². The Balaban J connectivity index is 0.00000156. The van der Waals surface area contributed by atoms with E-state index in [1.54, 1.807) is 6.33 Å². The number of hydrogen-bond acceptors (Lipinski definition) is 5. The molecule has 1 aromatic heterocycles. The molecule has 1 amide bonds. The molecule has 1 aromatic rings. The fraction of sp³-hybridized carbons (Fsp3) is 0.812.